The summed E-state index contributed by atoms with van der Waals surface area (Å²) in [4.78, 5) is 2.27. The van der Waals surface area contributed by atoms with E-state index < -0.39 is 0 Å². The number of methoxy groups -OCH3 is 1. The van der Waals surface area contributed by atoms with E-state index in [2.05, 4.69) is 52.6 Å². The van der Waals surface area contributed by atoms with E-state index in [0.717, 1.165) is 11.4 Å². The fourth-order valence-electron chi connectivity index (χ4n) is 2.77. The van der Waals surface area contributed by atoms with Crippen LogP contribution in [0.5, 0.6) is 5.75 Å². The molecule has 0 heterocycles. The monoisotopic (exact) mass is 264 g/mol. The number of anilines is 1. The average Bonchev–Trinajstić information content (AvgIpc) is 2.33. The Labute approximate surface area is 117 Å². The highest BCUT2D eigenvalue weighted by molar-refractivity contribution is 5.68. The van der Waals surface area contributed by atoms with Gasteiger partial charge < -0.3 is 15.4 Å². The van der Waals surface area contributed by atoms with Crippen LogP contribution in [0.25, 0.3) is 0 Å². The van der Waals surface area contributed by atoms with Crippen LogP contribution in [0, 0.1) is 26.7 Å². The van der Waals surface area contributed by atoms with Gasteiger partial charge in [-0.25, -0.2) is 0 Å². The molecule has 0 aliphatic heterocycles. The van der Waals surface area contributed by atoms with E-state index >= 15 is 0 Å². The number of nitrogens with zero attached hydrogens (tertiary/aromatic N) is 1. The lowest BCUT2D eigenvalue weighted by atomic mass is 9.98. The highest BCUT2D eigenvalue weighted by Gasteiger charge is 2.23. The molecule has 108 valence electrons. The van der Waals surface area contributed by atoms with Gasteiger partial charge in [-0.3, -0.25) is 0 Å². The molecule has 1 unspecified atom stereocenters. The molecule has 19 heavy (non-hydrogen) atoms. The Morgan fingerprint density at radius 1 is 1.21 bits per heavy atom. The number of nitrogens with two attached hydrogens (primary N) is 1. The molecule has 2 N–H and O–H groups in total. The average molecular weight is 264 g/mol. The van der Waals surface area contributed by atoms with E-state index in [4.69, 9.17) is 10.5 Å². The number of hydrogen-bond acceptors (Lipinski definition) is 3. The lowest BCUT2D eigenvalue weighted by molar-refractivity contribution is 0.405. The van der Waals surface area contributed by atoms with Crippen molar-refractivity contribution in [2.45, 2.75) is 40.7 Å². The maximum atomic E-state index is 5.94. The van der Waals surface area contributed by atoms with Gasteiger partial charge in [-0.1, -0.05) is 19.9 Å². The van der Waals surface area contributed by atoms with E-state index in [1.54, 1.807) is 7.11 Å². The topological polar surface area (TPSA) is 38.5 Å². The quantitative estimate of drug-likeness (QED) is 0.888. The van der Waals surface area contributed by atoms with Crippen molar-refractivity contribution in [3.05, 3.63) is 22.8 Å². The van der Waals surface area contributed by atoms with E-state index in [1.165, 1.54) is 16.7 Å². The first-order chi connectivity index (χ1) is 8.84. The van der Waals surface area contributed by atoms with Crippen LogP contribution >= 0.6 is 0 Å². The van der Waals surface area contributed by atoms with E-state index in [0.29, 0.717) is 18.5 Å². The number of likely N-dealkylation sites (N-methyl/N-ethyl adjacent to an activating group) is 1. The van der Waals surface area contributed by atoms with Gasteiger partial charge in [0, 0.05) is 19.6 Å². The Morgan fingerprint density at radius 3 is 2.21 bits per heavy atom. The highest BCUT2D eigenvalue weighted by atomic mass is 16.5. The summed E-state index contributed by atoms with van der Waals surface area (Å²) in [6, 6.07) is 2.53. The molecule has 0 saturated carbocycles. The Hall–Kier alpha value is -1.22. The summed E-state index contributed by atoms with van der Waals surface area (Å²) in [7, 11) is 3.85. The molecule has 0 amide bonds. The van der Waals surface area contributed by atoms with Crippen molar-refractivity contribution in [3.8, 4) is 5.75 Å². The normalized spacial score (nSPS) is 12.7. The lowest BCUT2D eigenvalue weighted by Gasteiger charge is -2.34. The summed E-state index contributed by atoms with van der Waals surface area (Å²) in [5, 5.41) is 0. The summed E-state index contributed by atoms with van der Waals surface area (Å²) < 4.78 is 5.65. The first-order valence-corrected chi connectivity index (χ1v) is 6.92. The van der Waals surface area contributed by atoms with Gasteiger partial charge in [-0.2, -0.15) is 0 Å². The molecule has 3 nitrogen and oxygen atoms in total. The van der Waals surface area contributed by atoms with Gasteiger partial charge in [0.05, 0.1) is 12.8 Å². The predicted octanol–water partition coefficient (Wildman–Crippen LogP) is 3.04. The van der Waals surface area contributed by atoms with Crippen LogP contribution in [0.4, 0.5) is 5.69 Å². The maximum Gasteiger partial charge on any atom is 0.145 e. The highest BCUT2D eigenvalue weighted by Crippen LogP contribution is 2.37. The number of rotatable bonds is 5. The molecule has 0 aliphatic carbocycles. The molecular weight excluding hydrogens is 236 g/mol. The predicted molar refractivity (Wildman–Crippen MR) is 83.3 cm³/mol. The maximum absolute atomic E-state index is 5.94. The molecule has 0 aromatic heterocycles. The van der Waals surface area contributed by atoms with Crippen molar-refractivity contribution in [2.24, 2.45) is 11.7 Å². The van der Waals surface area contributed by atoms with Gasteiger partial charge in [0.1, 0.15) is 5.75 Å². The molecule has 3 heteroatoms. The smallest absolute Gasteiger partial charge is 0.145 e. The molecule has 1 rings (SSSR count). The first-order valence-electron chi connectivity index (χ1n) is 6.92. The second-order valence-electron chi connectivity index (χ2n) is 5.68. The minimum absolute atomic E-state index is 0.315. The van der Waals surface area contributed by atoms with Crippen molar-refractivity contribution in [3.63, 3.8) is 0 Å². The summed E-state index contributed by atoms with van der Waals surface area (Å²) in [6.45, 7) is 11.4. The summed E-state index contributed by atoms with van der Waals surface area (Å²) in [5.41, 5.74) is 10.8. The molecule has 0 aliphatic rings. The Morgan fingerprint density at radius 2 is 1.79 bits per heavy atom. The number of hydrogen-bond donors (Lipinski definition) is 1. The molecular formula is C16H28N2O. The van der Waals surface area contributed by atoms with Gasteiger partial charge in [-0.05, 0) is 43.4 Å². The first kappa shape index (κ1) is 15.8. The van der Waals surface area contributed by atoms with Crippen LogP contribution in [-0.4, -0.2) is 26.7 Å². The second-order valence-corrected chi connectivity index (χ2v) is 5.68. The fourth-order valence-corrected chi connectivity index (χ4v) is 2.77. The Balaban J connectivity index is 3.37. The van der Waals surface area contributed by atoms with Crippen LogP contribution in [0.15, 0.2) is 6.07 Å². The van der Waals surface area contributed by atoms with Crippen LogP contribution in [-0.2, 0) is 0 Å². The number of aryl methyl sites for hydroxylation is 2. The zero-order chi connectivity index (χ0) is 14.7. The van der Waals surface area contributed by atoms with E-state index in [9.17, 15) is 0 Å². The SMILES string of the molecule is COc1c(C)c(C)cc(C)c1N(C)C(CN)C(C)C. The van der Waals surface area contributed by atoms with Gasteiger partial charge in [0.25, 0.3) is 0 Å². The minimum Gasteiger partial charge on any atom is -0.494 e. The van der Waals surface area contributed by atoms with Gasteiger partial charge in [0.15, 0.2) is 0 Å². The van der Waals surface area contributed by atoms with Crippen molar-refractivity contribution >= 4 is 5.69 Å². The molecule has 0 radical (unpaired) electrons. The minimum atomic E-state index is 0.315. The third kappa shape index (κ3) is 3.03. The molecule has 0 saturated heterocycles. The number of ether oxygens (including phenoxy) is 1. The van der Waals surface area contributed by atoms with Crippen LogP contribution in [0.2, 0.25) is 0 Å². The second kappa shape index (κ2) is 6.29. The summed E-state index contributed by atoms with van der Waals surface area (Å²) in [6.07, 6.45) is 0. The summed E-state index contributed by atoms with van der Waals surface area (Å²) in [5.74, 6) is 1.47. The molecule has 0 bridgehead atoms. The van der Waals surface area contributed by atoms with Crippen LogP contribution in [0.1, 0.15) is 30.5 Å². The summed E-state index contributed by atoms with van der Waals surface area (Å²) >= 11 is 0. The third-order valence-corrected chi connectivity index (χ3v) is 4.02. The van der Waals surface area contributed by atoms with Crippen molar-refractivity contribution in [2.75, 3.05) is 25.6 Å². The standard InChI is InChI=1S/C16H28N2O/c1-10(2)14(9-17)18(6)15-12(4)8-11(3)13(5)16(15)19-7/h8,10,14H,9,17H2,1-7H3. The van der Waals surface area contributed by atoms with Gasteiger partial charge in [-0.15, -0.1) is 0 Å². The van der Waals surface area contributed by atoms with Crippen LogP contribution in [0.3, 0.4) is 0 Å². The van der Waals surface area contributed by atoms with Crippen molar-refractivity contribution < 1.29 is 4.74 Å². The third-order valence-electron chi connectivity index (χ3n) is 4.02. The van der Waals surface area contributed by atoms with Gasteiger partial charge >= 0.3 is 0 Å². The zero-order valence-electron chi connectivity index (χ0n) is 13.4. The van der Waals surface area contributed by atoms with E-state index in [1.807, 2.05) is 0 Å². The lowest BCUT2D eigenvalue weighted by Crippen LogP contribution is -2.42. The molecule has 1 atom stereocenters. The van der Waals surface area contributed by atoms with Crippen molar-refractivity contribution in [1.29, 1.82) is 0 Å². The Kier molecular flexibility index (Phi) is 5.24. The molecule has 1 aromatic carbocycles. The molecule has 0 spiro atoms. The Bertz CT molecular complexity index is 441. The molecule has 0 fully saturated rings. The fraction of sp³-hybridized carbons (Fsp3) is 0.625. The molecule has 1 aromatic rings. The largest absolute Gasteiger partial charge is 0.494 e. The van der Waals surface area contributed by atoms with Gasteiger partial charge in [0.2, 0.25) is 0 Å². The van der Waals surface area contributed by atoms with Crippen molar-refractivity contribution in [1.82, 2.24) is 0 Å². The number of benzene rings is 1. The van der Waals surface area contributed by atoms with E-state index in [-0.39, 0.29) is 0 Å². The van der Waals surface area contributed by atoms with Crippen LogP contribution < -0.4 is 15.4 Å². The zero-order valence-corrected chi connectivity index (χ0v) is 13.4.